The molecule has 2 heteroatoms. The summed E-state index contributed by atoms with van der Waals surface area (Å²) < 4.78 is 6.20. The van der Waals surface area contributed by atoms with E-state index in [0.717, 1.165) is 30.7 Å². The van der Waals surface area contributed by atoms with Crippen LogP contribution >= 0.6 is 0 Å². The third kappa shape index (κ3) is 2.58. The second-order valence-corrected chi connectivity index (χ2v) is 6.97. The molecule has 1 aliphatic heterocycles. The highest BCUT2D eigenvalue weighted by atomic mass is 16.5. The molecule has 22 heavy (non-hydrogen) atoms. The van der Waals surface area contributed by atoms with Crippen molar-refractivity contribution in [1.82, 2.24) is 0 Å². The average molecular weight is 295 g/mol. The molecule has 0 atom stereocenters. The van der Waals surface area contributed by atoms with Crippen LogP contribution in [0.15, 0.2) is 30.3 Å². The molecule has 3 rings (SSSR count). The lowest BCUT2D eigenvalue weighted by Gasteiger charge is -2.18. The number of aryl methyl sites for hydroxylation is 1. The smallest absolute Gasteiger partial charge is 0.127 e. The maximum Gasteiger partial charge on any atom is 0.127 e. The monoisotopic (exact) mass is 295 g/mol. The van der Waals surface area contributed by atoms with Gasteiger partial charge in [0.1, 0.15) is 11.4 Å². The van der Waals surface area contributed by atoms with Crippen molar-refractivity contribution in [1.29, 1.82) is 0 Å². The number of hydrogen-bond donors (Lipinski definition) is 1. The van der Waals surface area contributed by atoms with E-state index in [1.165, 1.54) is 27.8 Å². The van der Waals surface area contributed by atoms with Crippen LogP contribution in [0, 0.1) is 13.8 Å². The number of anilines is 1. The Labute approximate surface area is 133 Å². The van der Waals surface area contributed by atoms with Crippen LogP contribution in [-0.2, 0) is 19.3 Å². The number of nitrogens with two attached hydrogens (primary N) is 1. The normalized spacial score (nSPS) is 15.5. The summed E-state index contributed by atoms with van der Waals surface area (Å²) >= 11 is 0. The van der Waals surface area contributed by atoms with Crippen LogP contribution in [0.5, 0.6) is 5.75 Å². The first-order valence-electron chi connectivity index (χ1n) is 8.02. The van der Waals surface area contributed by atoms with Gasteiger partial charge in [-0.25, -0.2) is 0 Å². The molecule has 0 amide bonds. The molecule has 1 heterocycles. The van der Waals surface area contributed by atoms with Crippen LogP contribution in [0.2, 0.25) is 0 Å². The fraction of sp³-hybridized carbons (Fsp3) is 0.400. The first-order valence-corrected chi connectivity index (χ1v) is 8.02. The van der Waals surface area contributed by atoms with Gasteiger partial charge in [0.25, 0.3) is 0 Å². The van der Waals surface area contributed by atoms with Crippen LogP contribution in [0.4, 0.5) is 5.69 Å². The molecule has 2 aromatic rings. The van der Waals surface area contributed by atoms with Crippen LogP contribution in [0.25, 0.3) is 0 Å². The molecule has 2 nitrogen and oxygen atoms in total. The Balaban J connectivity index is 1.98. The molecule has 0 aromatic heterocycles. The highest BCUT2D eigenvalue weighted by Crippen LogP contribution is 2.44. The Morgan fingerprint density at radius 3 is 2.41 bits per heavy atom. The van der Waals surface area contributed by atoms with E-state index in [1.807, 2.05) is 0 Å². The van der Waals surface area contributed by atoms with Crippen molar-refractivity contribution in [3.8, 4) is 5.75 Å². The maximum atomic E-state index is 6.45. The summed E-state index contributed by atoms with van der Waals surface area (Å²) in [4.78, 5) is 0. The molecule has 2 N–H and O–H groups in total. The van der Waals surface area contributed by atoms with E-state index >= 15 is 0 Å². The lowest BCUT2D eigenvalue weighted by Crippen LogP contribution is -2.25. The van der Waals surface area contributed by atoms with E-state index in [4.69, 9.17) is 10.5 Å². The standard InChI is InChI=1S/C20H25NO/c1-13-14(2)19-17(12-20(3,4)22-19)16(18(13)21)11-10-15-8-6-5-7-9-15/h5-9H,10-12,21H2,1-4H3. The van der Waals surface area contributed by atoms with E-state index in [-0.39, 0.29) is 5.60 Å². The van der Waals surface area contributed by atoms with Gasteiger partial charge in [-0.05, 0) is 62.8 Å². The van der Waals surface area contributed by atoms with Gasteiger partial charge in [-0.1, -0.05) is 30.3 Å². The second kappa shape index (κ2) is 5.35. The summed E-state index contributed by atoms with van der Waals surface area (Å²) in [6.45, 7) is 8.52. The SMILES string of the molecule is Cc1c(C)c2c(c(CCc3ccccc3)c1N)CC(C)(C)O2. The van der Waals surface area contributed by atoms with Crippen molar-refractivity contribution >= 4 is 5.69 Å². The minimum absolute atomic E-state index is 0.130. The van der Waals surface area contributed by atoms with Crippen LogP contribution in [-0.4, -0.2) is 5.60 Å². The van der Waals surface area contributed by atoms with Crippen molar-refractivity contribution in [3.05, 3.63) is 58.1 Å². The zero-order chi connectivity index (χ0) is 15.9. The molecule has 0 aliphatic carbocycles. The number of nitrogen functional groups attached to an aromatic ring is 1. The van der Waals surface area contributed by atoms with Crippen molar-refractivity contribution in [2.75, 3.05) is 5.73 Å². The molecule has 1 aliphatic rings. The lowest BCUT2D eigenvalue weighted by atomic mass is 9.89. The predicted octanol–water partition coefficient (Wildman–Crippen LogP) is 4.38. The number of rotatable bonds is 3. The van der Waals surface area contributed by atoms with Crippen molar-refractivity contribution < 1.29 is 4.74 Å². The van der Waals surface area contributed by atoms with Gasteiger partial charge in [-0.3, -0.25) is 0 Å². The predicted molar refractivity (Wildman–Crippen MR) is 92.6 cm³/mol. The molecule has 0 bridgehead atoms. The van der Waals surface area contributed by atoms with Gasteiger partial charge < -0.3 is 10.5 Å². The van der Waals surface area contributed by atoms with Crippen molar-refractivity contribution in [2.45, 2.75) is 52.6 Å². The zero-order valence-electron chi connectivity index (χ0n) is 14.0. The maximum absolute atomic E-state index is 6.45. The number of fused-ring (bicyclic) bond motifs is 1. The van der Waals surface area contributed by atoms with Crippen LogP contribution in [0.3, 0.4) is 0 Å². The van der Waals surface area contributed by atoms with Gasteiger partial charge in [-0.15, -0.1) is 0 Å². The summed E-state index contributed by atoms with van der Waals surface area (Å²) in [5.74, 6) is 1.07. The van der Waals surface area contributed by atoms with E-state index in [2.05, 4.69) is 58.0 Å². The number of ether oxygens (including phenoxy) is 1. The molecule has 0 unspecified atom stereocenters. The van der Waals surface area contributed by atoms with E-state index in [9.17, 15) is 0 Å². The highest BCUT2D eigenvalue weighted by molar-refractivity contribution is 5.67. The number of benzene rings is 2. The summed E-state index contributed by atoms with van der Waals surface area (Å²) in [7, 11) is 0. The zero-order valence-corrected chi connectivity index (χ0v) is 14.0. The Bertz CT molecular complexity index is 702. The van der Waals surface area contributed by atoms with Crippen molar-refractivity contribution in [2.24, 2.45) is 0 Å². The minimum atomic E-state index is -0.130. The van der Waals surface area contributed by atoms with Crippen molar-refractivity contribution in [3.63, 3.8) is 0 Å². The summed E-state index contributed by atoms with van der Waals surface area (Å²) in [6, 6.07) is 10.6. The third-order valence-electron chi connectivity index (χ3n) is 4.76. The molecule has 0 radical (unpaired) electrons. The Hall–Kier alpha value is -1.96. The molecule has 2 aromatic carbocycles. The molecule has 0 saturated carbocycles. The Morgan fingerprint density at radius 1 is 1.05 bits per heavy atom. The van der Waals surface area contributed by atoms with E-state index < -0.39 is 0 Å². The molecule has 0 spiro atoms. The van der Waals surface area contributed by atoms with Gasteiger partial charge in [-0.2, -0.15) is 0 Å². The molecule has 0 saturated heterocycles. The summed E-state index contributed by atoms with van der Waals surface area (Å²) in [6.07, 6.45) is 2.93. The van der Waals surface area contributed by atoms with Gasteiger partial charge >= 0.3 is 0 Å². The minimum Gasteiger partial charge on any atom is -0.487 e. The Kier molecular flexibility index (Phi) is 3.64. The highest BCUT2D eigenvalue weighted by Gasteiger charge is 2.34. The fourth-order valence-electron chi connectivity index (χ4n) is 3.39. The quantitative estimate of drug-likeness (QED) is 0.853. The molecular formula is C20H25NO. The molecule has 0 fully saturated rings. The molecular weight excluding hydrogens is 270 g/mol. The first-order chi connectivity index (χ1) is 10.4. The van der Waals surface area contributed by atoms with Gasteiger partial charge in [0.05, 0.1) is 0 Å². The van der Waals surface area contributed by atoms with Crippen LogP contribution in [0.1, 0.15) is 41.7 Å². The third-order valence-corrected chi connectivity index (χ3v) is 4.76. The van der Waals surface area contributed by atoms with Gasteiger partial charge in [0.2, 0.25) is 0 Å². The topological polar surface area (TPSA) is 35.2 Å². The lowest BCUT2D eigenvalue weighted by molar-refractivity contribution is 0.137. The van der Waals surface area contributed by atoms with E-state index in [1.54, 1.807) is 0 Å². The summed E-state index contributed by atoms with van der Waals surface area (Å²) in [5, 5.41) is 0. The second-order valence-electron chi connectivity index (χ2n) is 6.97. The fourth-order valence-corrected chi connectivity index (χ4v) is 3.39. The van der Waals surface area contributed by atoms with E-state index in [0.29, 0.717) is 0 Å². The summed E-state index contributed by atoms with van der Waals surface area (Å²) in [5.41, 5.74) is 13.6. The average Bonchev–Trinajstić information content (AvgIpc) is 2.82. The molecule has 116 valence electrons. The largest absolute Gasteiger partial charge is 0.487 e. The number of hydrogen-bond acceptors (Lipinski definition) is 2. The van der Waals surface area contributed by atoms with Gasteiger partial charge in [0, 0.05) is 17.7 Å². The van der Waals surface area contributed by atoms with Crippen LogP contribution < -0.4 is 10.5 Å². The Morgan fingerprint density at radius 2 is 1.73 bits per heavy atom. The van der Waals surface area contributed by atoms with Gasteiger partial charge in [0.15, 0.2) is 0 Å². The first kappa shape index (κ1) is 15.0.